The van der Waals surface area contributed by atoms with E-state index in [1.165, 1.54) is 30.6 Å². The van der Waals surface area contributed by atoms with Crippen molar-refractivity contribution in [3.63, 3.8) is 0 Å². The SMILES string of the molecule is Cc1nc(NC(=O)C23CC4CC(CC(C4)C2)C3)sc1C(=O)NCc1ccccc1. The zero-order valence-electron chi connectivity index (χ0n) is 16.7. The first-order valence-corrected chi connectivity index (χ1v) is 11.4. The molecule has 1 aromatic heterocycles. The molecule has 4 aliphatic carbocycles. The van der Waals surface area contributed by atoms with Crippen LogP contribution in [0.2, 0.25) is 0 Å². The first kappa shape index (κ1) is 18.8. The summed E-state index contributed by atoms with van der Waals surface area (Å²) in [6.07, 6.45) is 7.02. The second kappa shape index (κ2) is 7.24. The molecule has 29 heavy (non-hydrogen) atoms. The molecule has 2 amide bonds. The van der Waals surface area contributed by atoms with Gasteiger partial charge in [-0.3, -0.25) is 9.59 Å². The number of nitrogens with one attached hydrogen (secondary N) is 2. The number of carbonyl (C=O) groups excluding carboxylic acids is 2. The number of amides is 2. The number of aromatic nitrogens is 1. The van der Waals surface area contributed by atoms with Crippen molar-refractivity contribution in [2.45, 2.75) is 52.0 Å². The Labute approximate surface area is 175 Å². The third kappa shape index (κ3) is 3.59. The lowest BCUT2D eigenvalue weighted by Crippen LogP contribution is -2.51. The quantitative estimate of drug-likeness (QED) is 0.762. The van der Waals surface area contributed by atoms with E-state index in [2.05, 4.69) is 15.6 Å². The minimum atomic E-state index is -0.204. The largest absolute Gasteiger partial charge is 0.347 e. The number of nitrogens with zero attached hydrogens (tertiary/aromatic N) is 1. The summed E-state index contributed by atoms with van der Waals surface area (Å²) in [5.41, 5.74) is 1.52. The number of rotatable bonds is 5. The third-order valence-electron chi connectivity index (χ3n) is 7.04. The molecule has 0 aliphatic heterocycles. The Morgan fingerprint density at radius 1 is 1.07 bits per heavy atom. The molecule has 0 radical (unpaired) electrons. The van der Waals surface area contributed by atoms with Crippen LogP contribution in [0.1, 0.15) is 59.5 Å². The van der Waals surface area contributed by atoms with E-state index in [4.69, 9.17) is 0 Å². The highest BCUT2D eigenvalue weighted by Gasteiger charge is 2.54. The number of aryl methyl sites for hydroxylation is 1. The molecule has 152 valence electrons. The first-order valence-electron chi connectivity index (χ1n) is 10.6. The van der Waals surface area contributed by atoms with Gasteiger partial charge in [-0.2, -0.15) is 0 Å². The average molecular weight is 410 g/mol. The van der Waals surface area contributed by atoms with Crippen LogP contribution in [0.25, 0.3) is 0 Å². The monoisotopic (exact) mass is 409 g/mol. The van der Waals surface area contributed by atoms with Crippen LogP contribution in [0.5, 0.6) is 0 Å². The van der Waals surface area contributed by atoms with Crippen molar-refractivity contribution in [3.05, 3.63) is 46.5 Å². The van der Waals surface area contributed by atoms with E-state index >= 15 is 0 Å². The molecule has 4 bridgehead atoms. The molecule has 4 fully saturated rings. The highest BCUT2D eigenvalue weighted by atomic mass is 32.1. The molecule has 4 saturated carbocycles. The molecule has 6 rings (SSSR count). The lowest BCUT2D eigenvalue weighted by atomic mass is 9.49. The van der Waals surface area contributed by atoms with Gasteiger partial charge in [-0.05, 0) is 68.8 Å². The fourth-order valence-corrected chi connectivity index (χ4v) is 7.02. The molecular weight excluding hydrogens is 382 g/mol. The lowest BCUT2D eigenvalue weighted by Gasteiger charge is -2.55. The van der Waals surface area contributed by atoms with Crippen LogP contribution < -0.4 is 10.6 Å². The van der Waals surface area contributed by atoms with E-state index in [0.29, 0.717) is 22.2 Å². The van der Waals surface area contributed by atoms with E-state index in [0.717, 1.165) is 42.6 Å². The third-order valence-corrected chi connectivity index (χ3v) is 8.11. The van der Waals surface area contributed by atoms with Gasteiger partial charge >= 0.3 is 0 Å². The minimum Gasteiger partial charge on any atom is -0.347 e. The fraction of sp³-hybridized carbons (Fsp3) is 0.522. The van der Waals surface area contributed by atoms with E-state index in [1.807, 2.05) is 37.3 Å². The van der Waals surface area contributed by atoms with Crippen LogP contribution in [0.3, 0.4) is 0 Å². The average Bonchev–Trinajstić information content (AvgIpc) is 3.06. The van der Waals surface area contributed by atoms with Crippen molar-refractivity contribution in [2.24, 2.45) is 23.2 Å². The van der Waals surface area contributed by atoms with Gasteiger partial charge in [-0.1, -0.05) is 41.7 Å². The molecule has 4 aliphatic rings. The lowest BCUT2D eigenvalue weighted by molar-refractivity contribution is -0.140. The number of carbonyl (C=O) groups is 2. The standard InChI is InChI=1S/C23H27N3O2S/c1-14-19(20(27)24-13-15-5-3-2-4-6-15)29-22(25-14)26-21(28)23-10-16-7-17(11-23)9-18(8-16)12-23/h2-6,16-18H,7-13H2,1H3,(H,24,27)(H,25,26,28). The summed E-state index contributed by atoms with van der Waals surface area (Å²) >= 11 is 1.28. The zero-order valence-corrected chi connectivity index (χ0v) is 17.6. The van der Waals surface area contributed by atoms with Crippen LogP contribution in [0.4, 0.5) is 5.13 Å². The van der Waals surface area contributed by atoms with Crippen molar-refractivity contribution < 1.29 is 9.59 Å². The molecule has 0 unspecified atom stereocenters. The number of anilines is 1. The second-order valence-corrected chi connectivity index (χ2v) is 10.3. The highest BCUT2D eigenvalue weighted by molar-refractivity contribution is 7.17. The van der Waals surface area contributed by atoms with Crippen LogP contribution in [0.15, 0.2) is 30.3 Å². The highest BCUT2D eigenvalue weighted by Crippen LogP contribution is 2.60. The van der Waals surface area contributed by atoms with Crippen LogP contribution in [-0.2, 0) is 11.3 Å². The van der Waals surface area contributed by atoms with Gasteiger partial charge < -0.3 is 10.6 Å². The van der Waals surface area contributed by atoms with E-state index in [9.17, 15) is 9.59 Å². The fourth-order valence-electron chi connectivity index (χ4n) is 6.14. The molecule has 5 nitrogen and oxygen atoms in total. The van der Waals surface area contributed by atoms with Crippen molar-refractivity contribution in [1.29, 1.82) is 0 Å². The van der Waals surface area contributed by atoms with Crippen molar-refractivity contribution >= 4 is 28.3 Å². The molecule has 0 atom stereocenters. The molecule has 2 aromatic rings. The van der Waals surface area contributed by atoms with Crippen LogP contribution in [0, 0.1) is 30.1 Å². The Hall–Kier alpha value is -2.21. The van der Waals surface area contributed by atoms with Crippen LogP contribution >= 0.6 is 11.3 Å². The number of benzene rings is 1. The van der Waals surface area contributed by atoms with Gasteiger partial charge in [0, 0.05) is 6.54 Å². The Morgan fingerprint density at radius 2 is 1.69 bits per heavy atom. The minimum absolute atomic E-state index is 0.126. The van der Waals surface area contributed by atoms with Gasteiger partial charge in [-0.15, -0.1) is 0 Å². The summed E-state index contributed by atoms with van der Waals surface area (Å²) in [4.78, 5) is 30.9. The normalized spacial score (nSPS) is 29.6. The molecule has 0 spiro atoms. The molecule has 2 N–H and O–H groups in total. The summed E-state index contributed by atoms with van der Waals surface area (Å²) in [6, 6.07) is 9.83. The van der Waals surface area contributed by atoms with Gasteiger partial charge in [0.1, 0.15) is 4.88 Å². The maximum Gasteiger partial charge on any atom is 0.263 e. The molecular formula is C23H27N3O2S. The molecule has 1 heterocycles. The van der Waals surface area contributed by atoms with Gasteiger partial charge in [0.05, 0.1) is 11.1 Å². The van der Waals surface area contributed by atoms with Crippen molar-refractivity contribution in [1.82, 2.24) is 10.3 Å². The summed E-state index contributed by atoms with van der Waals surface area (Å²) < 4.78 is 0. The number of hydrogen-bond acceptors (Lipinski definition) is 4. The second-order valence-electron chi connectivity index (χ2n) is 9.25. The zero-order chi connectivity index (χ0) is 20.0. The Balaban J connectivity index is 1.26. The predicted octanol–water partition coefficient (Wildman–Crippen LogP) is 4.54. The summed E-state index contributed by atoms with van der Waals surface area (Å²) in [6.45, 7) is 2.31. The Kier molecular flexibility index (Phi) is 4.69. The van der Waals surface area contributed by atoms with Crippen LogP contribution in [-0.4, -0.2) is 16.8 Å². The summed E-state index contributed by atoms with van der Waals surface area (Å²) in [5, 5.41) is 6.58. The first-order chi connectivity index (χ1) is 14.0. The van der Waals surface area contributed by atoms with E-state index in [-0.39, 0.29) is 17.2 Å². The number of hydrogen-bond donors (Lipinski definition) is 2. The molecule has 6 heteroatoms. The van der Waals surface area contributed by atoms with E-state index < -0.39 is 0 Å². The van der Waals surface area contributed by atoms with Crippen molar-refractivity contribution in [3.8, 4) is 0 Å². The topological polar surface area (TPSA) is 71.1 Å². The van der Waals surface area contributed by atoms with Gasteiger partial charge in [0.2, 0.25) is 5.91 Å². The Morgan fingerprint density at radius 3 is 2.31 bits per heavy atom. The van der Waals surface area contributed by atoms with Gasteiger partial charge in [-0.25, -0.2) is 4.98 Å². The van der Waals surface area contributed by atoms with Crippen molar-refractivity contribution in [2.75, 3.05) is 5.32 Å². The Bertz CT molecular complexity index is 902. The van der Waals surface area contributed by atoms with Gasteiger partial charge in [0.15, 0.2) is 5.13 Å². The van der Waals surface area contributed by atoms with E-state index in [1.54, 1.807) is 0 Å². The summed E-state index contributed by atoms with van der Waals surface area (Å²) in [7, 11) is 0. The predicted molar refractivity (Wildman–Crippen MR) is 114 cm³/mol. The molecule has 1 aromatic carbocycles. The summed E-state index contributed by atoms with van der Waals surface area (Å²) in [5.74, 6) is 2.17. The smallest absolute Gasteiger partial charge is 0.263 e. The maximum absolute atomic E-state index is 13.2. The molecule has 0 saturated heterocycles. The maximum atomic E-state index is 13.2. The van der Waals surface area contributed by atoms with Gasteiger partial charge in [0.25, 0.3) is 5.91 Å². The number of thiazole rings is 1.